The highest BCUT2D eigenvalue weighted by molar-refractivity contribution is 5.97. The Morgan fingerprint density at radius 2 is 1.52 bits per heavy atom. The number of benzene rings is 2. The first kappa shape index (κ1) is 17.2. The van der Waals surface area contributed by atoms with Crippen molar-refractivity contribution in [3.8, 4) is 0 Å². The van der Waals surface area contributed by atoms with Gasteiger partial charge in [-0.25, -0.2) is 0 Å². The third-order valence-electron chi connectivity index (χ3n) is 4.39. The van der Waals surface area contributed by atoms with Gasteiger partial charge in [-0.15, -0.1) is 0 Å². The molecule has 1 aliphatic rings. The summed E-state index contributed by atoms with van der Waals surface area (Å²) in [4.78, 5) is 25.4. The predicted octanol–water partition coefficient (Wildman–Crippen LogP) is 2.03. The molecule has 1 fully saturated rings. The fourth-order valence-electron chi connectivity index (χ4n) is 3.00. The smallest absolute Gasteiger partial charge is 0.252 e. The molecule has 130 valence electrons. The topological polar surface area (TPSA) is 70.2 Å². The van der Waals surface area contributed by atoms with E-state index in [9.17, 15) is 9.59 Å². The molecule has 3 N–H and O–H groups in total. The van der Waals surface area contributed by atoms with Gasteiger partial charge < -0.3 is 16.0 Å². The number of piperidine rings is 1. The highest BCUT2D eigenvalue weighted by Crippen LogP contribution is 2.15. The lowest BCUT2D eigenvalue weighted by Gasteiger charge is -2.26. The van der Waals surface area contributed by atoms with Crippen LogP contribution in [0.25, 0.3) is 0 Å². The quantitative estimate of drug-likeness (QED) is 0.782. The van der Waals surface area contributed by atoms with Gasteiger partial charge in [0, 0.05) is 11.6 Å². The zero-order valence-electron chi connectivity index (χ0n) is 14.1. The van der Waals surface area contributed by atoms with Crippen molar-refractivity contribution in [2.75, 3.05) is 13.1 Å². The molecule has 0 radical (unpaired) electrons. The molecule has 5 heteroatoms. The zero-order chi connectivity index (χ0) is 17.5. The minimum atomic E-state index is -0.705. The van der Waals surface area contributed by atoms with Gasteiger partial charge in [0.05, 0.1) is 0 Å². The van der Waals surface area contributed by atoms with Crippen molar-refractivity contribution >= 4 is 11.8 Å². The van der Waals surface area contributed by atoms with E-state index in [1.165, 1.54) is 0 Å². The lowest BCUT2D eigenvalue weighted by atomic mass is 10.0. The number of carbonyl (C=O) groups is 2. The Morgan fingerprint density at radius 1 is 0.920 bits per heavy atom. The number of amides is 2. The summed E-state index contributed by atoms with van der Waals surface area (Å²) in [5.74, 6) is -0.419. The van der Waals surface area contributed by atoms with Crippen LogP contribution < -0.4 is 16.0 Å². The van der Waals surface area contributed by atoms with Gasteiger partial charge in [0.15, 0.2) is 0 Å². The van der Waals surface area contributed by atoms with Gasteiger partial charge in [0.25, 0.3) is 5.91 Å². The van der Waals surface area contributed by atoms with E-state index in [-0.39, 0.29) is 17.9 Å². The van der Waals surface area contributed by atoms with E-state index in [0.29, 0.717) is 5.56 Å². The van der Waals surface area contributed by atoms with E-state index in [1.54, 1.807) is 12.1 Å². The number of hydrogen-bond acceptors (Lipinski definition) is 3. The van der Waals surface area contributed by atoms with E-state index < -0.39 is 6.04 Å². The number of hydrogen-bond donors (Lipinski definition) is 3. The Bertz CT molecular complexity index is 697. The van der Waals surface area contributed by atoms with Crippen LogP contribution in [0.15, 0.2) is 60.7 Å². The molecule has 0 aliphatic carbocycles. The molecule has 1 aliphatic heterocycles. The van der Waals surface area contributed by atoms with Crippen LogP contribution >= 0.6 is 0 Å². The van der Waals surface area contributed by atoms with Crippen LogP contribution in [-0.4, -0.2) is 30.9 Å². The number of carbonyl (C=O) groups excluding carboxylic acids is 2. The maximum absolute atomic E-state index is 12.8. The van der Waals surface area contributed by atoms with Crippen molar-refractivity contribution < 1.29 is 9.59 Å². The molecule has 1 saturated heterocycles. The summed E-state index contributed by atoms with van der Waals surface area (Å²) in [6.45, 7) is 1.80. The Kier molecular flexibility index (Phi) is 5.80. The van der Waals surface area contributed by atoms with Crippen molar-refractivity contribution in [2.24, 2.45) is 0 Å². The maximum Gasteiger partial charge on any atom is 0.252 e. The largest absolute Gasteiger partial charge is 0.351 e. The lowest BCUT2D eigenvalue weighted by molar-refractivity contribution is -0.124. The Labute approximate surface area is 147 Å². The maximum atomic E-state index is 12.8. The van der Waals surface area contributed by atoms with Gasteiger partial charge in [-0.05, 0) is 43.6 Å². The highest BCUT2D eigenvalue weighted by Gasteiger charge is 2.25. The number of rotatable bonds is 5. The first-order chi connectivity index (χ1) is 12.2. The molecule has 3 rings (SSSR count). The second-order valence-electron chi connectivity index (χ2n) is 6.22. The van der Waals surface area contributed by atoms with E-state index in [1.807, 2.05) is 48.5 Å². The third-order valence-corrected chi connectivity index (χ3v) is 4.39. The fourth-order valence-corrected chi connectivity index (χ4v) is 3.00. The second kappa shape index (κ2) is 8.44. The van der Waals surface area contributed by atoms with Crippen molar-refractivity contribution in [2.45, 2.75) is 24.9 Å². The minimum Gasteiger partial charge on any atom is -0.351 e. The molecule has 2 aromatic carbocycles. The van der Waals surface area contributed by atoms with Crippen molar-refractivity contribution in [3.63, 3.8) is 0 Å². The zero-order valence-corrected chi connectivity index (χ0v) is 14.1. The number of nitrogens with one attached hydrogen (secondary N) is 3. The third kappa shape index (κ3) is 4.67. The van der Waals surface area contributed by atoms with E-state index in [2.05, 4.69) is 16.0 Å². The van der Waals surface area contributed by atoms with E-state index in [4.69, 9.17) is 0 Å². The summed E-state index contributed by atoms with van der Waals surface area (Å²) in [7, 11) is 0. The predicted molar refractivity (Wildman–Crippen MR) is 97.1 cm³/mol. The van der Waals surface area contributed by atoms with Crippen LogP contribution in [0.2, 0.25) is 0 Å². The summed E-state index contributed by atoms with van der Waals surface area (Å²) in [6.07, 6.45) is 1.81. The molecule has 0 bridgehead atoms. The molecule has 25 heavy (non-hydrogen) atoms. The van der Waals surface area contributed by atoms with Gasteiger partial charge in [-0.2, -0.15) is 0 Å². The summed E-state index contributed by atoms with van der Waals surface area (Å²) in [6, 6.07) is 17.7. The van der Waals surface area contributed by atoms with Gasteiger partial charge >= 0.3 is 0 Å². The first-order valence-electron chi connectivity index (χ1n) is 8.66. The molecular weight excluding hydrogens is 314 g/mol. The fraction of sp³-hybridized carbons (Fsp3) is 0.300. The molecule has 1 atom stereocenters. The Morgan fingerprint density at radius 3 is 2.16 bits per heavy atom. The van der Waals surface area contributed by atoms with Crippen molar-refractivity contribution in [1.82, 2.24) is 16.0 Å². The summed E-state index contributed by atoms with van der Waals surface area (Å²) in [5.41, 5.74) is 1.32. The normalized spacial score (nSPS) is 16.0. The summed E-state index contributed by atoms with van der Waals surface area (Å²) in [5, 5.41) is 9.23. The van der Waals surface area contributed by atoms with Crippen LogP contribution in [-0.2, 0) is 4.79 Å². The molecule has 0 aromatic heterocycles. The van der Waals surface area contributed by atoms with Crippen LogP contribution in [0.1, 0.15) is 34.8 Å². The molecule has 2 amide bonds. The van der Waals surface area contributed by atoms with Gasteiger partial charge in [0.1, 0.15) is 6.04 Å². The standard InChI is InChI=1S/C20H23N3O2/c24-19(16-9-5-2-6-10-16)23-18(15-7-3-1-4-8-15)20(25)22-17-11-13-21-14-12-17/h1-10,17-18,21H,11-14H2,(H,22,25)(H,23,24). The van der Waals surface area contributed by atoms with Crippen molar-refractivity contribution in [3.05, 3.63) is 71.8 Å². The minimum absolute atomic E-state index is 0.147. The SMILES string of the molecule is O=C(NC(C(=O)NC1CCNCC1)c1ccccc1)c1ccccc1. The lowest BCUT2D eigenvalue weighted by Crippen LogP contribution is -2.47. The van der Waals surface area contributed by atoms with Gasteiger partial charge in [-0.3, -0.25) is 9.59 Å². The van der Waals surface area contributed by atoms with E-state index in [0.717, 1.165) is 31.5 Å². The Balaban J connectivity index is 1.75. The first-order valence-corrected chi connectivity index (χ1v) is 8.66. The monoisotopic (exact) mass is 337 g/mol. The molecular formula is C20H23N3O2. The molecule has 0 saturated carbocycles. The molecule has 5 nitrogen and oxygen atoms in total. The van der Waals surface area contributed by atoms with Gasteiger partial charge in [0.2, 0.25) is 5.91 Å². The average Bonchev–Trinajstić information content (AvgIpc) is 2.68. The van der Waals surface area contributed by atoms with Crippen LogP contribution in [0, 0.1) is 0 Å². The van der Waals surface area contributed by atoms with Crippen molar-refractivity contribution in [1.29, 1.82) is 0 Å². The van der Waals surface area contributed by atoms with E-state index >= 15 is 0 Å². The molecule has 0 spiro atoms. The Hall–Kier alpha value is -2.66. The highest BCUT2D eigenvalue weighted by atomic mass is 16.2. The average molecular weight is 337 g/mol. The van der Waals surface area contributed by atoms with Crippen LogP contribution in [0.3, 0.4) is 0 Å². The molecule has 1 heterocycles. The second-order valence-corrected chi connectivity index (χ2v) is 6.22. The van der Waals surface area contributed by atoms with Crippen LogP contribution in [0.4, 0.5) is 0 Å². The van der Waals surface area contributed by atoms with Gasteiger partial charge in [-0.1, -0.05) is 48.5 Å². The summed E-state index contributed by atoms with van der Waals surface area (Å²) < 4.78 is 0. The summed E-state index contributed by atoms with van der Waals surface area (Å²) >= 11 is 0. The molecule has 2 aromatic rings. The van der Waals surface area contributed by atoms with Crippen LogP contribution in [0.5, 0.6) is 0 Å². The molecule has 1 unspecified atom stereocenters.